The van der Waals surface area contributed by atoms with Crippen LogP contribution in [0.2, 0.25) is 0 Å². The Bertz CT molecular complexity index is 574. The molecule has 19 heavy (non-hydrogen) atoms. The molecule has 3 nitrogen and oxygen atoms in total. The summed E-state index contributed by atoms with van der Waals surface area (Å²) in [5.41, 5.74) is 1.13. The van der Waals surface area contributed by atoms with E-state index in [2.05, 4.69) is 29.4 Å². The molecule has 2 aromatic rings. The number of hydrogen-bond acceptors (Lipinski definition) is 3. The van der Waals surface area contributed by atoms with Gasteiger partial charge in [-0.25, -0.2) is 0 Å². The Hall–Kier alpha value is -1.74. The first-order chi connectivity index (χ1) is 9.24. The molecule has 0 saturated carbocycles. The van der Waals surface area contributed by atoms with Crippen LogP contribution in [0.15, 0.2) is 36.4 Å². The Labute approximate surface area is 113 Å². The molecule has 100 valence electrons. The average Bonchev–Trinajstić information content (AvgIpc) is 2.43. The molecular formula is C16H20N2O. The molecule has 1 saturated heterocycles. The molecule has 0 unspecified atom stereocenters. The fourth-order valence-electron chi connectivity index (χ4n) is 2.79. The first-order valence-electron chi connectivity index (χ1n) is 6.90. The van der Waals surface area contributed by atoms with Crippen LogP contribution in [0.3, 0.4) is 0 Å². The van der Waals surface area contributed by atoms with E-state index in [0.717, 1.165) is 29.5 Å². The molecule has 1 heterocycles. The highest BCUT2D eigenvalue weighted by Gasteiger charge is 2.17. The number of rotatable bonds is 2. The maximum Gasteiger partial charge on any atom is 0.123 e. The minimum Gasteiger partial charge on any atom is -0.507 e. The fourth-order valence-corrected chi connectivity index (χ4v) is 2.79. The van der Waals surface area contributed by atoms with Gasteiger partial charge in [0.05, 0.1) is 0 Å². The SMILES string of the molecule is CN1CCC(Nc2cccc3c(O)cccc23)CC1. The monoisotopic (exact) mass is 256 g/mol. The Balaban J connectivity index is 1.87. The van der Waals surface area contributed by atoms with Crippen molar-refractivity contribution in [2.75, 3.05) is 25.5 Å². The first kappa shape index (κ1) is 12.3. The van der Waals surface area contributed by atoms with Gasteiger partial charge >= 0.3 is 0 Å². The number of phenolic OH excluding ortho intramolecular Hbond substituents is 1. The van der Waals surface area contributed by atoms with Gasteiger partial charge in [-0.15, -0.1) is 0 Å². The van der Waals surface area contributed by atoms with E-state index in [1.54, 1.807) is 6.07 Å². The van der Waals surface area contributed by atoms with Crippen molar-refractivity contribution < 1.29 is 5.11 Å². The van der Waals surface area contributed by atoms with Crippen LogP contribution in [0.4, 0.5) is 5.69 Å². The quantitative estimate of drug-likeness (QED) is 0.867. The minimum atomic E-state index is 0.351. The summed E-state index contributed by atoms with van der Waals surface area (Å²) >= 11 is 0. The molecule has 1 fully saturated rings. The highest BCUT2D eigenvalue weighted by molar-refractivity contribution is 5.97. The van der Waals surface area contributed by atoms with Crippen molar-refractivity contribution >= 4 is 16.5 Å². The van der Waals surface area contributed by atoms with Gasteiger partial charge in [-0.2, -0.15) is 0 Å². The maximum atomic E-state index is 9.90. The van der Waals surface area contributed by atoms with E-state index in [0.29, 0.717) is 11.8 Å². The van der Waals surface area contributed by atoms with E-state index in [1.807, 2.05) is 18.2 Å². The number of hydrogen-bond donors (Lipinski definition) is 2. The third-order valence-electron chi connectivity index (χ3n) is 3.98. The lowest BCUT2D eigenvalue weighted by Crippen LogP contribution is -2.36. The molecule has 1 aliphatic heterocycles. The molecule has 3 heteroatoms. The summed E-state index contributed by atoms with van der Waals surface area (Å²) in [6, 6.07) is 12.3. The standard InChI is InChI=1S/C16H20N2O/c1-18-10-8-12(9-11-18)17-15-6-2-5-14-13(15)4-3-7-16(14)19/h2-7,12,17,19H,8-11H2,1H3. The zero-order valence-corrected chi connectivity index (χ0v) is 11.3. The molecule has 2 N–H and O–H groups in total. The molecule has 3 rings (SSSR count). The van der Waals surface area contributed by atoms with E-state index in [-0.39, 0.29) is 0 Å². The Morgan fingerprint density at radius 1 is 1.05 bits per heavy atom. The number of nitrogens with one attached hydrogen (secondary N) is 1. The highest BCUT2D eigenvalue weighted by atomic mass is 16.3. The highest BCUT2D eigenvalue weighted by Crippen LogP contribution is 2.30. The van der Waals surface area contributed by atoms with Crippen molar-refractivity contribution in [3.05, 3.63) is 36.4 Å². The zero-order valence-electron chi connectivity index (χ0n) is 11.3. The van der Waals surface area contributed by atoms with Gasteiger partial charge in [-0.3, -0.25) is 0 Å². The van der Waals surface area contributed by atoms with E-state index in [9.17, 15) is 5.11 Å². The molecule has 0 radical (unpaired) electrons. The molecule has 0 bridgehead atoms. The lowest BCUT2D eigenvalue weighted by atomic mass is 10.0. The lowest BCUT2D eigenvalue weighted by Gasteiger charge is -2.30. The van der Waals surface area contributed by atoms with Crippen LogP contribution in [-0.2, 0) is 0 Å². The van der Waals surface area contributed by atoms with Crippen LogP contribution >= 0.6 is 0 Å². The van der Waals surface area contributed by atoms with Crippen molar-refractivity contribution in [1.29, 1.82) is 0 Å². The predicted molar refractivity (Wildman–Crippen MR) is 79.8 cm³/mol. The lowest BCUT2D eigenvalue weighted by molar-refractivity contribution is 0.264. The number of aromatic hydroxyl groups is 1. The van der Waals surface area contributed by atoms with Gasteiger partial charge in [-0.05, 0) is 45.1 Å². The van der Waals surface area contributed by atoms with Gasteiger partial charge in [-0.1, -0.05) is 24.3 Å². The Kier molecular flexibility index (Phi) is 3.30. The molecule has 0 spiro atoms. The smallest absolute Gasteiger partial charge is 0.123 e. The molecule has 0 aromatic heterocycles. The van der Waals surface area contributed by atoms with Crippen LogP contribution in [0.1, 0.15) is 12.8 Å². The van der Waals surface area contributed by atoms with Crippen LogP contribution in [0, 0.1) is 0 Å². The normalized spacial score (nSPS) is 17.7. The van der Waals surface area contributed by atoms with Gasteiger partial charge in [0.15, 0.2) is 0 Å². The second-order valence-corrected chi connectivity index (χ2v) is 5.40. The van der Waals surface area contributed by atoms with E-state index in [4.69, 9.17) is 0 Å². The van der Waals surface area contributed by atoms with Gasteiger partial charge in [0.1, 0.15) is 5.75 Å². The topological polar surface area (TPSA) is 35.5 Å². The number of fused-ring (bicyclic) bond motifs is 1. The van der Waals surface area contributed by atoms with Crippen molar-refractivity contribution in [3.8, 4) is 5.75 Å². The predicted octanol–water partition coefficient (Wildman–Crippen LogP) is 3.05. The summed E-state index contributed by atoms with van der Waals surface area (Å²) in [5.74, 6) is 0.351. The maximum absolute atomic E-state index is 9.90. The van der Waals surface area contributed by atoms with Crippen LogP contribution in [0.25, 0.3) is 10.8 Å². The second-order valence-electron chi connectivity index (χ2n) is 5.40. The third-order valence-corrected chi connectivity index (χ3v) is 3.98. The third kappa shape index (κ3) is 2.51. The van der Waals surface area contributed by atoms with Crippen molar-refractivity contribution in [1.82, 2.24) is 4.90 Å². The Morgan fingerprint density at radius 3 is 2.53 bits per heavy atom. The van der Waals surface area contributed by atoms with E-state index in [1.165, 1.54) is 12.8 Å². The summed E-state index contributed by atoms with van der Waals surface area (Å²) in [6.45, 7) is 2.29. The van der Waals surface area contributed by atoms with E-state index >= 15 is 0 Å². The fraction of sp³-hybridized carbons (Fsp3) is 0.375. The van der Waals surface area contributed by atoms with Crippen molar-refractivity contribution in [3.63, 3.8) is 0 Å². The van der Waals surface area contributed by atoms with Crippen LogP contribution in [-0.4, -0.2) is 36.2 Å². The van der Waals surface area contributed by atoms with Gasteiger partial charge in [0.25, 0.3) is 0 Å². The number of likely N-dealkylation sites (tertiary alicyclic amines) is 1. The number of anilines is 1. The largest absolute Gasteiger partial charge is 0.507 e. The molecule has 1 aliphatic rings. The summed E-state index contributed by atoms with van der Waals surface area (Å²) in [5, 5.41) is 15.6. The summed E-state index contributed by atoms with van der Waals surface area (Å²) in [6.07, 6.45) is 2.34. The number of phenols is 1. The molecule has 0 amide bonds. The number of benzene rings is 2. The molecule has 0 aliphatic carbocycles. The van der Waals surface area contributed by atoms with Crippen molar-refractivity contribution in [2.45, 2.75) is 18.9 Å². The minimum absolute atomic E-state index is 0.351. The number of piperidine rings is 1. The summed E-state index contributed by atoms with van der Waals surface area (Å²) in [4.78, 5) is 2.37. The molecular weight excluding hydrogens is 236 g/mol. The van der Waals surface area contributed by atoms with E-state index < -0.39 is 0 Å². The molecule has 2 aromatic carbocycles. The second kappa shape index (κ2) is 5.10. The average molecular weight is 256 g/mol. The first-order valence-corrected chi connectivity index (χ1v) is 6.90. The van der Waals surface area contributed by atoms with Crippen molar-refractivity contribution in [2.24, 2.45) is 0 Å². The molecule has 0 atom stereocenters. The number of nitrogens with zero attached hydrogens (tertiary/aromatic N) is 1. The van der Waals surface area contributed by atoms with Crippen LogP contribution < -0.4 is 5.32 Å². The van der Waals surface area contributed by atoms with Crippen LogP contribution in [0.5, 0.6) is 5.75 Å². The summed E-state index contributed by atoms with van der Waals surface area (Å²) in [7, 11) is 2.17. The van der Waals surface area contributed by atoms with Gasteiger partial charge in [0, 0.05) is 22.5 Å². The van der Waals surface area contributed by atoms with Gasteiger partial charge < -0.3 is 15.3 Å². The Morgan fingerprint density at radius 2 is 1.74 bits per heavy atom. The zero-order chi connectivity index (χ0) is 13.2. The summed E-state index contributed by atoms with van der Waals surface area (Å²) < 4.78 is 0. The van der Waals surface area contributed by atoms with Gasteiger partial charge in [0.2, 0.25) is 0 Å².